The predicted molar refractivity (Wildman–Crippen MR) is 70.3 cm³/mol. The van der Waals surface area contributed by atoms with Crippen molar-refractivity contribution in [1.29, 1.82) is 0 Å². The van der Waals surface area contributed by atoms with E-state index < -0.39 is 17.5 Å². The Labute approximate surface area is 105 Å². The van der Waals surface area contributed by atoms with Crippen LogP contribution in [0.4, 0.5) is 5.69 Å². The molecule has 0 aliphatic carbocycles. The maximum absolute atomic E-state index is 10.6. The van der Waals surface area contributed by atoms with Gasteiger partial charge in [0.25, 0.3) is 0 Å². The van der Waals surface area contributed by atoms with Crippen molar-refractivity contribution in [1.82, 2.24) is 0 Å². The summed E-state index contributed by atoms with van der Waals surface area (Å²) in [5.74, 6) is 0.397. The Morgan fingerprint density at radius 2 is 1.82 bits per heavy atom. The van der Waals surface area contributed by atoms with E-state index in [9.17, 15) is 4.21 Å². The van der Waals surface area contributed by atoms with E-state index in [4.69, 9.17) is 8.74 Å². The lowest BCUT2D eigenvalue weighted by molar-refractivity contribution is 0.227. The van der Waals surface area contributed by atoms with Crippen LogP contribution in [0.25, 0.3) is 0 Å². The molecule has 0 radical (unpaired) electrons. The van der Waals surface area contributed by atoms with Crippen LogP contribution in [0.3, 0.4) is 0 Å². The summed E-state index contributed by atoms with van der Waals surface area (Å²) < 4.78 is 24.2. The third-order valence-corrected chi connectivity index (χ3v) is 3.08. The molecule has 0 saturated carbocycles. The molecule has 2 atom stereocenters. The van der Waals surface area contributed by atoms with E-state index in [2.05, 4.69) is 25.2 Å². The number of anilines is 1. The van der Waals surface area contributed by atoms with E-state index in [-0.39, 0.29) is 0 Å². The molecule has 0 aliphatic heterocycles. The van der Waals surface area contributed by atoms with Crippen molar-refractivity contribution >= 4 is 17.0 Å². The first kappa shape index (κ1) is 14.2. The van der Waals surface area contributed by atoms with Gasteiger partial charge in [0.1, 0.15) is 0 Å². The number of nitrogens with one attached hydrogen (secondary N) is 1. The van der Waals surface area contributed by atoms with Crippen LogP contribution in [0.5, 0.6) is 0 Å². The molecule has 0 aromatic heterocycles. The average molecular weight is 257 g/mol. The second-order valence-electron chi connectivity index (χ2n) is 4.25. The first-order chi connectivity index (χ1) is 7.93. The molecule has 0 amide bonds. The second-order valence-corrected chi connectivity index (χ2v) is 4.88. The van der Waals surface area contributed by atoms with Crippen LogP contribution in [0.1, 0.15) is 43.9 Å². The van der Waals surface area contributed by atoms with Gasteiger partial charge in [-0.2, -0.15) is 4.21 Å². The van der Waals surface area contributed by atoms with Gasteiger partial charge >= 0.3 is 11.4 Å². The SMILES string of the molecule is CNc1cc(C(C)C)cc(C(C)OS(=O)O)c1. The van der Waals surface area contributed by atoms with E-state index in [1.807, 2.05) is 19.2 Å². The van der Waals surface area contributed by atoms with Crippen molar-refractivity contribution < 1.29 is 12.9 Å². The molecule has 4 nitrogen and oxygen atoms in total. The van der Waals surface area contributed by atoms with Gasteiger partial charge in [-0.25, -0.2) is 0 Å². The van der Waals surface area contributed by atoms with Crippen LogP contribution in [-0.4, -0.2) is 15.8 Å². The van der Waals surface area contributed by atoms with Gasteiger partial charge in [-0.1, -0.05) is 19.9 Å². The lowest BCUT2D eigenvalue weighted by atomic mass is 9.98. The molecule has 1 rings (SSSR count). The largest absolute Gasteiger partial charge is 0.388 e. The maximum atomic E-state index is 10.6. The summed E-state index contributed by atoms with van der Waals surface area (Å²) in [7, 11) is 1.85. The van der Waals surface area contributed by atoms with Crippen LogP contribution < -0.4 is 5.32 Å². The highest BCUT2D eigenvalue weighted by Crippen LogP contribution is 2.26. The van der Waals surface area contributed by atoms with Crippen molar-refractivity contribution in [2.75, 3.05) is 12.4 Å². The van der Waals surface area contributed by atoms with Crippen molar-refractivity contribution in [2.24, 2.45) is 0 Å². The van der Waals surface area contributed by atoms with Crippen LogP contribution >= 0.6 is 0 Å². The molecule has 0 bridgehead atoms. The minimum atomic E-state index is -2.24. The molecule has 96 valence electrons. The van der Waals surface area contributed by atoms with E-state index in [1.54, 1.807) is 6.92 Å². The molecule has 2 N–H and O–H groups in total. The van der Waals surface area contributed by atoms with E-state index in [1.165, 1.54) is 5.56 Å². The van der Waals surface area contributed by atoms with Crippen molar-refractivity contribution in [3.05, 3.63) is 29.3 Å². The Bertz CT molecular complexity index is 407. The monoisotopic (exact) mass is 257 g/mol. The van der Waals surface area contributed by atoms with Gasteiger partial charge in [0.15, 0.2) is 0 Å². The highest BCUT2D eigenvalue weighted by Gasteiger charge is 2.12. The summed E-state index contributed by atoms with van der Waals surface area (Å²) in [5.41, 5.74) is 3.04. The molecule has 0 saturated heterocycles. The molecule has 17 heavy (non-hydrogen) atoms. The third kappa shape index (κ3) is 4.11. The third-order valence-electron chi connectivity index (χ3n) is 2.63. The fraction of sp³-hybridized carbons (Fsp3) is 0.500. The van der Waals surface area contributed by atoms with Crippen LogP contribution in [0, 0.1) is 0 Å². The lowest BCUT2D eigenvalue weighted by Crippen LogP contribution is -2.04. The smallest absolute Gasteiger partial charge is 0.302 e. The van der Waals surface area contributed by atoms with Crippen LogP contribution in [-0.2, 0) is 15.5 Å². The Morgan fingerprint density at radius 3 is 2.29 bits per heavy atom. The lowest BCUT2D eigenvalue weighted by Gasteiger charge is -2.15. The highest BCUT2D eigenvalue weighted by atomic mass is 32.2. The minimum Gasteiger partial charge on any atom is -0.388 e. The van der Waals surface area contributed by atoms with Crippen LogP contribution in [0.2, 0.25) is 0 Å². The molecule has 1 aromatic rings. The van der Waals surface area contributed by atoms with E-state index in [0.717, 1.165) is 11.3 Å². The quantitative estimate of drug-likeness (QED) is 0.796. The second kappa shape index (κ2) is 6.14. The summed E-state index contributed by atoms with van der Waals surface area (Å²) in [6.45, 7) is 5.97. The Morgan fingerprint density at radius 1 is 1.24 bits per heavy atom. The maximum Gasteiger partial charge on any atom is 0.302 e. The Hall–Kier alpha value is -0.910. The Balaban J connectivity index is 3.05. The number of rotatable bonds is 5. The summed E-state index contributed by atoms with van der Waals surface area (Å²) in [4.78, 5) is 0. The van der Waals surface area contributed by atoms with E-state index >= 15 is 0 Å². The minimum absolute atomic E-state index is 0.397. The highest BCUT2D eigenvalue weighted by molar-refractivity contribution is 7.74. The molecule has 5 heteroatoms. The zero-order valence-corrected chi connectivity index (χ0v) is 11.4. The zero-order chi connectivity index (χ0) is 13.0. The molecule has 0 fully saturated rings. The van der Waals surface area contributed by atoms with Gasteiger partial charge in [0, 0.05) is 12.7 Å². The van der Waals surface area contributed by atoms with Crippen molar-refractivity contribution in [3.8, 4) is 0 Å². The first-order valence-corrected chi connectivity index (χ1v) is 6.57. The average Bonchev–Trinajstić information content (AvgIpc) is 2.27. The summed E-state index contributed by atoms with van der Waals surface area (Å²) in [5, 5.41) is 3.08. The van der Waals surface area contributed by atoms with Gasteiger partial charge in [-0.15, -0.1) is 0 Å². The van der Waals surface area contributed by atoms with Gasteiger partial charge < -0.3 is 5.32 Å². The fourth-order valence-electron chi connectivity index (χ4n) is 1.57. The molecule has 0 aliphatic rings. The summed E-state index contributed by atoms with van der Waals surface area (Å²) >= 11 is -2.24. The van der Waals surface area contributed by atoms with Gasteiger partial charge in [-0.3, -0.25) is 8.74 Å². The summed E-state index contributed by atoms with van der Waals surface area (Å²) in [6, 6.07) is 5.99. The number of hydrogen-bond acceptors (Lipinski definition) is 3. The molecule has 0 spiro atoms. The topological polar surface area (TPSA) is 58.6 Å². The molecule has 0 heterocycles. The number of hydrogen-bond donors (Lipinski definition) is 2. The van der Waals surface area contributed by atoms with Gasteiger partial charge in [0.2, 0.25) is 0 Å². The Kier molecular flexibility index (Phi) is 5.11. The van der Waals surface area contributed by atoms with Gasteiger partial charge in [0.05, 0.1) is 6.10 Å². The molecule has 1 aromatic carbocycles. The fourth-order valence-corrected chi connectivity index (χ4v) is 1.93. The summed E-state index contributed by atoms with van der Waals surface area (Å²) in [6.07, 6.45) is -0.411. The predicted octanol–water partition coefficient (Wildman–Crippen LogP) is 3.07. The van der Waals surface area contributed by atoms with Gasteiger partial charge in [-0.05, 0) is 36.1 Å². The molecular weight excluding hydrogens is 238 g/mol. The number of benzene rings is 1. The first-order valence-electron chi connectivity index (χ1n) is 5.54. The normalized spacial score (nSPS) is 14.7. The standard InChI is InChI=1S/C12H19NO3S/c1-8(2)10-5-11(7-12(6-10)13-4)9(3)16-17(14)15/h5-9,13H,1-4H3,(H,14,15). The molecular formula is C12H19NO3S. The van der Waals surface area contributed by atoms with Crippen LogP contribution in [0.15, 0.2) is 18.2 Å². The van der Waals surface area contributed by atoms with Crippen molar-refractivity contribution in [2.45, 2.75) is 32.8 Å². The molecule has 2 unspecified atom stereocenters. The van der Waals surface area contributed by atoms with Crippen molar-refractivity contribution in [3.63, 3.8) is 0 Å². The zero-order valence-electron chi connectivity index (χ0n) is 10.6. The van der Waals surface area contributed by atoms with E-state index in [0.29, 0.717) is 5.92 Å².